The van der Waals surface area contributed by atoms with Crippen LogP contribution in [0.3, 0.4) is 0 Å². The van der Waals surface area contributed by atoms with Crippen LogP contribution < -0.4 is 5.32 Å². The molecule has 0 aliphatic heterocycles. The van der Waals surface area contributed by atoms with Gasteiger partial charge in [-0.1, -0.05) is 36.4 Å². The average molecular weight is 354 g/mol. The highest BCUT2D eigenvalue weighted by Gasteiger charge is 2.25. The molecule has 1 aromatic heterocycles. The highest BCUT2D eigenvalue weighted by atomic mass is 19.1. The molecule has 3 rings (SSSR count). The Morgan fingerprint density at radius 2 is 1.85 bits per heavy atom. The van der Waals surface area contributed by atoms with E-state index in [9.17, 15) is 9.18 Å². The summed E-state index contributed by atoms with van der Waals surface area (Å²) in [7, 11) is 3.45. The number of halogens is 1. The van der Waals surface area contributed by atoms with Gasteiger partial charge in [0.15, 0.2) is 5.82 Å². The minimum Gasteiger partial charge on any atom is -0.347 e. The summed E-state index contributed by atoms with van der Waals surface area (Å²) in [4.78, 5) is 14.3. The lowest BCUT2D eigenvalue weighted by Crippen LogP contribution is -2.37. The van der Waals surface area contributed by atoms with Crippen LogP contribution in [0.1, 0.15) is 17.4 Å². The number of tetrazole rings is 1. The van der Waals surface area contributed by atoms with Crippen molar-refractivity contribution in [2.75, 3.05) is 14.1 Å². The van der Waals surface area contributed by atoms with Gasteiger partial charge in [-0.15, -0.1) is 5.10 Å². The molecular formula is C18H19FN6O. The predicted molar refractivity (Wildman–Crippen MR) is 93.8 cm³/mol. The predicted octanol–water partition coefficient (Wildman–Crippen LogP) is 1.72. The van der Waals surface area contributed by atoms with E-state index < -0.39 is 11.9 Å². The van der Waals surface area contributed by atoms with Crippen molar-refractivity contribution in [2.24, 2.45) is 0 Å². The Kier molecular flexibility index (Phi) is 5.33. The topological polar surface area (TPSA) is 75.9 Å². The van der Waals surface area contributed by atoms with Gasteiger partial charge >= 0.3 is 0 Å². The maximum atomic E-state index is 14.1. The Hall–Kier alpha value is -3.13. The second-order valence-electron chi connectivity index (χ2n) is 5.95. The van der Waals surface area contributed by atoms with Crippen molar-refractivity contribution >= 4 is 5.91 Å². The second kappa shape index (κ2) is 7.83. The lowest BCUT2D eigenvalue weighted by Gasteiger charge is -2.24. The van der Waals surface area contributed by atoms with Crippen LogP contribution in [0.2, 0.25) is 0 Å². The van der Waals surface area contributed by atoms with Crippen LogP contribution in [-0.2, 0) is 11.3 Å². The van der Waals surface area contributed by atoms with Gasteiger partial charge in [-0.05, 0) is 42.7 Å². The number of amides is 1. The molecule has 0 saturated carbocycles. The highest BCUT2D eigenvalue weighted by molar-refractivity contribution is 5.83. The number of aromatic nitrogens is 4. The van der Waals surface area contributed by atoms with Crippen molar-refractivity contribution in [3.63, 3.8) is 0 Å². The van der Waals surface area contributed by atoms with Gasteiger partial charge < -0.3 is 5.32 Å². The molecule has 0 fully saturated rings. The lowest BCUT2D eigenvalue weighted by atomic mass is 10.0. The van der Waals surface area contributed by atoms with Gasteiger partial charge in [0.25, 0.3) is 0 Å². The third-order valence-corrected chi connectivity index (χ3v) is 3.92. The molecule has 26 heavy (non-hydrogen) atoms. The fourth-order valence-electron chi connectivity index (χ4n) is 2.70. The van der Waals surface area contributed by atoms with Crippen LogP contribution in [0.4, 0.5) is 4.39 Å². The maximum absolute atomic E-state index is 14.1. The largest absolute Gasteiger partial charge is 0.347 e. The number of carbonyl (C=O) groups is 1. The highest BCUT2D eigenvalue weighted by Crippen LogP contribution is 2.21. The van der Waals surface area contributed by atoms with Crippen LogP contribution in [0.25, 0.3) is 5.69 Å². The molecule has 134 valence electrons. The summed E-state index contributed by atoms with van der Waals surface area (Å²) in [5, 5.41) is 14.4. The minimum atomic E-state index is -0.753. The van der Waals surface area contributed by atoms with E-state index in [1.165, 1.54) is 6.07 Å². The first-order chi connectivity index (χ1) is 12.6. The summed E-state index contributed by atoms with van der Waals surface area (Å²) in [6.07, 6.45) is 0. The van der Waals surface area contributed by atoms with Crippen molar-refractivity contribution in [2.45, 2.75) is 12.6 Å². The molecule has 3 aromatic rings. The summed E-state index contributed by atoms with van der Waals surface area (Å²) in [5.74, 6) is -0.270. The van der Waals surface area contributed by atoms with E-state index in [-0.39, 0.29) is 12.5 Å². The molecule has 1 amide bonds. The number of likely N-dealkylation sites (N-methyl/N-ethyl adjacent to an activating group) is 1. The molecule has 1 atom stereocenters. The van der Waals surface area contributed by atoms with E-state index in [0.29, 0.717) is 11.4 Å². The monoisotopic (exact) mass is 354 g/mol. The standard InChI is InChI=1S/C18H19FN6O/c1-24(2)17(14-10-6-7-11-15(14)19)18(26)20-12-16-21-22-23-25(16)13-8-4-3-5-9-13/h3-11,17H,12H2,1-2H3,(H,20,26)/t17-/m0/s1. The van der Waals surface area contributed by atoms with Gasteiger partial charge in [-0.3, -0.25) is 9.69 Å². The molecule has 0 radical (unpaired) electrons. The van der Waals surface area contributed by atoms with Crippen LogP contribution in [0.5, 0.6) is 0 Å². The first-order valence-electron chi connectivity index (χ1n) is 8.09. The molecule has 0 bridgehead atoms. The third kappa shape index (κ3) is 3.75. The number of hydrogen-bond donors (Lipinski definition) is 1. The van der Waals surface area contributed by atoms with Gasteiger partial charge in [0, 0.05) is 5.56 Å². The van der Waals surface area contributed by atoms with Crippen LogP contribution in [-0.4, -0.2) is 45.1 Å². The Morgan fingerprint density at radius 3 is 2.54 bits per heavy atom. The van der Waals surface area contributed by atoms with E-state index in [1.807, 2.05) is 30.3 Å². The van der Waals surface area contributed by atoms with Crippen molar-refractivity contribution < 1.29 is 9.18 Å². The van der Waals surface area contributed by atoms with Gasteiger partial charge in [0.1, 0.15) is 11.9 Å². The van der Waals surface area contributed by atoms with E-state index in [2.05, 4.69) is 20.8 Å². The summed E-state index contributed by atoms with van der Waals surface area (Å²) < 4.78 is 15.7. The third-order valence-electron chi connectivity index (χ3n) is 3.92. The summed E-state index contributed by atoms with van der Waals surface area (Å²) in [6.45, 7) is 0.125. The molecule has 0 spiro atoms. The Balaban J connectivity index is 1.76. The first kappa shape index (κ1) is 17.7. The normalized spacial score (nSPS) is 12.2. The zero-order chi connectivity index (χ0) is 18.5. The Bertz CT molecular complexity index is 880. The number of nitrogens with zero attached hydrogens (tertiary/aromatic N) is 5. The SMILES string of the molecule is CN(C)[C@H](C(=O)NCc1nnnn1-c1ccccc1)c1ccccc1F. The Labute approximate surface area is 150 Å². The number of carbonyl (C=O) groups excluding carboxylic acids is 1. The molecule has 1 N–H and O–H groups in total. The minimum absolute atomic E-state index is 0.125. The number of rotatable bonds is 6. The molecule has 0 aliphatic rings. The van der Waals surface area contributed by atoms with Crippen LogP contribution in [0, 0.1) is 5.82 Å². The van der Waals surface area contributed by atoms with Gasteiger partial charge in [-0.25, -0.2) is 4.39 Å². The second-order valence-corrected chi connectivity index (χ2v) is 5.95. The molecule has 1 heterocycles. The Morgan fingerprint density at radius 1 is 1.15 bits per heavy atom. The maximum Gasteiger partial charge on any atom is 0.242 e. The van der Waals surface area contributed by atoms with Crippen molar-refractivity contribution in [1.29, 1.82) is 0 Å². The lowest BCUT2D eigenvalue weighted by molar-refractivity contribution is -0.126. The number of nitrogens with one attached hydrogen (secondary N) is 1. The molecule has 2 aromatic carbocycles. The summed E-state index contributed by atoms with van der Waals surface area (Å²) in [5.41, 5.74) is 1.11. The van der Waals surface area contributed by atoms with Crippen molar-refractivity contribution in [1.82, 2.24) is 30.4 Å². The van der Waals surface area contributed by atoms with E-state index in [0.717, 1.165) is 5.69 Å². The van der Waals surface area contributed by atoms with Gasteiger partial charge in [0.2, 0.25) is 5.91 Å². The number of benzene rings is 2. The molecule has 0 saturated heterocycles. The first-order valence-corrected chi connectivity index (χ1v) is 8.09. The number of hydrogen-bond acceptors (Lipinski definition) is 5. The van der Waals surface area contributed by atoms with Crippen LogP contribution >= 0.6 is 0 Å². The summed E-state index contributed by atoms with van der Waals surface area (Å²) >= 11 is 0. The fourth-order valence-corrected chi connectivity index (χ4v) is 2.70. The quantitative estimate of drug-likeness (QED) is 0.729. The smallest absolute Gasteiger partial charge is 0.242 e. The molecule has 0 unspecified atom stereocenters. The zero-order valence-electron chi connectivity index (χ0n) is 14.5. The van der Waals surface area contributed by atoms with Gasteiger partial charge in [-0.2, -0.15) is 4.68 Å². The molecule has 8 heteroatoms. The molecule has 7 nitrogen and oxygen atoms in total. The van der Waals surface area contributed by atoms with E-state index >= 15 is 0 Å². The van der Waals surface area contributed by atoms with E-state index in [1.54, 1.807) is 41.9 Å². The average Bonchev–Trinajstić information content (AvgIpc) is 3.11. The van der Waals surface area contributed by atoms with Crippen molar-refractivity contribution in [3.05, 3.63) is 71.8 Å². The molecular weight excluding hydrogens is 335 g/mol. The van der Waals surface area contributed by atoms with Crippen molar-refractivity contribution in [3.8, 4) is 5.69 Å². The summed E-state index contributed by atoms with van der Waals surface area (Å²) in [6, 6.07) is 14.9. The number of para-hydroxylation sites is 1. The van der Waals surface area contributed by atoms with Gasteiger partial charge in [0.05, 0.1) is 12.2 Å². The van der Waals surface area contributed by atoms with E-state index in [4.69, 9.17) is 0 Å². The zero-order valence-corrected chi connectivity index (χ0v) is 14.5. The fraction of sp³-hybridized carbons (Fsp3) is 0.222. The van der Waals surface area contributed by atoms with Crippen LogP contribution in [0.15, 0.2) is 54.6 Å². The molecule has 0 aliphatic carbocycles.